The standard InChI is InChI=1S/C26H28N2/c1-4-19(2)23-13-14-27-26-12-11-24(18-25(26)17-23)22-9-7-21(8-10-22)20(3)28-15-5-6-16-28/h7-12,14,17-18H,2-6,13,15-16H2,1H3. The highest BCUT2D eigenvalue weighted by atomic mass is 15.1. The molecule has 0 aromatic heterocycles. The van der Waals surface area contributed by atoms with Crippen molar-refractivity contribution in [1.29, 1.82) is 0 Å². The molecule has 4 rings (SSSR count). The quantitative estimate of drug-likeness (QED) is 0.562. The van der Waals surface area contributed by atoms with Crippen molar-refractivity contribution in [3.05, 3.63) is 77.9 Å². The lowest BCUT2D eigenvalue weighted by Gasteiger charge is -2.20. The molecule has 2 aromatic carbocycles. The zero-order valence-electron chi connectivity index (χ0n) is 16.7. The Morgan fingerprint density at radius 3 is 2.43 bits per heavy atom. The molecule has 0 amide bonds. The highest BCUT2D eigenvalue weighted by Gasteiger charge is 2.15. The van der Waals surface area contributed by atoms with Crippen LogP contribution in [0, 0.1) is 0 Å². The summed E-state index contributed by atoms with van der Waals surface area (Å²) in [5, 5.41) is 0. The van der Waals surface area contributed by atoms with Gasteiger partial charge in [-0.1, -0.05) is 56.0 Å². The Bertz CT molecular complexity index is 954. The largest absolute Gasteiger partial charge is 0.372 e. The second-order valence-electron chi connectivity index (χ2n) is 7.63. The monoisotopic (exact) mass is 368 g/mol. The van der Waals surface area contributed by atoms with Crippen LogP contribution in [0.1, 0.15) is 43.7 Å². The van der Waals surface area contributed by atoms with Crippen LogP contribution in [0.25, 0.3) is 22.9 Å². The van der Waals surface area contributed by atoms with Gasteiger partial charge in [-0.2, -0.15) is 0 Å². The van der Waals surface area contributed by atoms with Gasteiger partial charge in [-0.3, -0.25) is 4.99 Å². The number of aliphatic imine (C=N–C) groups is 1. The normalized spacial score (nSPS) is 15.8. The van der Waals surface area contributed by atoms with Gasteiger partial charge in [0.05, 0.1) is 5.69 Å². The van der Waals surface area contributed by atoms with Gasteiger partial charge in [0.25, 0.3) is 0 Å². The van der Waals surface area contributed by atoms with Gasteiger partial charge in [-0.05, 0) is 59.7 Å². The van der Waals surface area contributed by atoms with E-state index in [1.165, 1.54) is 46.2 Å². The van der Waals surface area contributed by atoms with E-state index in [0.717, 1.165) is 37.3 Å². The van der Waals surface area contributed by atoms with Crippen LogP contribution in [0.2, 0.25) is 0 Å². The van der Waals surface area contributed by atoms with Crippen LogP contribution < -0.4 is 0 Å². The second-order valence-corrected chi connectivity index (χ2v) is 7.63. The highest BCUT2D eigenvalue weighted by Crippen LogP contribution is 2.33. The smallest absolute Gasteiger partial charge is 0.0698 e. The summed E-state index contributed by atoms with van der Waals surface area (Å²) in [5.41, 5.74) is 9.46. The summed E-state index contributed by atoms with van der Waals surface area (Å²) in [6.45, 7) is 12.9. The van der Waals surface area contributed by atoms with Crippen LogP contribution in [0.15, 0.2) is 71.8 Å². The Kier molecular flexibility index (Phi) is 5.29. The van der Waals surface area contributed by atoms with Crippen molar-refractivity contribution in [2.45, 2.75) is 32.6 Å². The lowest BCUT2D eigenvalue weighted by Crippen LogP contribution is -2.16. The topological polar surface area (TPSA) is 15.6 Å². The lowest BCUT2D eigenvalue weighted by molar-refractivity contribution is 0.494. The van der Waals surface area contributed by atoms with Crippen molar-refractivity contribution in [2.75, 3.05) is 13.1 Å². The molecule has 0 N–H and O–H groups in total. The van der Waals surface area contributed by atoms with Crippen LogP contribution in [-0.4, -0.2) is 24.2 Å². The van der Waals surface area contributed by atoms with Gasteiger partial charge in [0.1, 0.15) is 0 Å². The first-order chi connectivity index (χ1) is 13.7. The molecule has 2 aliphatic rings. The Morgan fingerprint density at radius 1 is 1.00 bits per heavy atom. The van der Waals surface area contributed by atoms with Crippen molar-refractivity contribution in [1.82, 2.24) is 4.90 Å². The summed E-state index contributed by atoms with van der Waals surface area (Å²) in [4.78, 5) is 7.03. The molecule has 2 nitrogen and oxygen atoms in total. The van der Waals surface area contributed by atoms with E-state index in [4.69, 9.17) is 0 Å². The zero-order chi connectivity index (χ0) is 19.5. The van der Waals surface area contributed by atoms with Gasteiger partial charge in [0.15, 0.2) is 0 Å². The Balaban J connectivity index is 1.62. The molecule has 0 radical (unpaired) electrons. The molecule has 0 aliphatic carbocycles. The van der Waals surface area contributed by atoms with Gasteiger partial charge in [0, 0.05) is 37.0 Å². The van der Waals surface area contributed by atoms with E-state index in [1.54, 1.807) is 0 Å². The number of rotatable bonds is 5. The van der Waals surface area contributed by atoms with Crippen LogP contribution in [0.4, 0.5) is 5.69 Å². The fraction of sp³-hybridized carbons (Fsp3) is 0.269. The third-order valence-corrected chi connectivity index (χ3v) is 5.82. The van der Waals surface area contributed by atoms with E-state index in [2.05, 4.69) is 78.5 Å². The van der Waals surface area contributed by atoms with Crippen LogP contribution in [0.5, 0.6) is 0 Å². The molecule has 2 heteroatoms. The van der Waals surface area contributed by atoms with Gasteiger partial charge >= 0.3 is 0 Å². The summed E-state index contributed by atoms with van der Waals surface area (Å²) in [7, 11) is 0. The van der Waals surface area contributed by atoms with E-state index in [9.17, 15) is 0 Å². The summed E-state index contributed by atoms with van der Waals surface area (Å²) in [6, 6.07) is 15.3. The molecule has 142 valence electrons. The molecule has 28 heavy (non-hydrogen) atoms. The van der Waals surface area contributed by atoms with Gasteiger partial charge in [0.2, 0.25) is 0 Å². The molecule has 0 saturated carbocycles. The molecule has 1 fully saturated rings. The maximum absolute atomic E-state index is 4.63. The van der Waals surface area contributed by atoms with Crippen molar-refractivity contribution >= 4 is 23.7 Å². The maximum atomic E-state index is 4.63. The molecule has 0 unspecified atom stereocenters. The van der Waals surface area contributed by atoms with Crippen LogP contribution >= 0.6 is 0 Å². The molecular weight excluding hydrogens is 340 g/mol. The maximum Gasteiger partial charge on any atom is 0.0698 e. The van der Waals surface area contributed by atoms with E-state index >= 15 is 0 Å². The third-order valence-electron chi connectivity index (χ3n) is 5.82. The van der Waals surface area contributed by atoms with E-state index in [-0.39, 0.29) is 0 Å². The molecule has 2 aromatic rings. The molecule has 0 spiro atoms. The SMILES string of the molecule is C=C(CC)C1=Cc2cc(-c3ccc(C(=C)N4CCCC4)cc3)ccc2N=CC1. The first kappa shape index (κ1) is 18.5. The number of allylic oxidation sites excluding steroid dienone is 2. The fourth-order valence-corrected chi connectivity index (χ4v) is 3.95. The number of hydrogen-bond acceptors (Lipinski definition) is 2. The average molecular weight is 369 g/mol. The minimum atomic E-state index is 0.851. The molecule has 1 saturated heterocycles. The van der Waals surface area contributed by atoms with Crippen molar-refractivity contribution in [2.24, 2.45) is 4.99 Å². The minimum absolute atomic E-state index is 0.851. The molecule has 0 bridgehead atoms. The predicted octanol–water partition coefficient (Wildman–Crippen LogP) is 6.88. The average Bonchev–Trinajstić information content (AvgIpc) is 3.19. The summed E-state index contributed by atoms with van der Waals surface area (Å²) in [6.07, 6.45) is 8.61. The van der Waals surface area contributed by atoms with E-state index in [1.807, 2.05) is 6.21 Å². The minimum Gasteiger partial charge on any atom is -0.372 e. The van der Waals surface area contributed by atoms with Gasteiger partial charge in [-0.25, -0.2) is 0 Å². The van der Waals surface area contributed by atoms with Crippen LogP contribution in [-0.2, 0) is 0 Å². The summed E-state index contributed by atoms with van der Waals surface area (Å²) in [5.74, 6) is 0. The van der Waals surface area contributed by atoms with E-state index in [0.29, 0.717) is 0 Å². The molecule has 2 aliphatic heterocycles. The highest BCUT2D eigenvalue weighted by molar-refractivity contribution is 5.83. The zero-order valence-corrected chi connectivity index (χ0v) is 16.7. The van der Waals surface area contributed by atoms with Crippen molar-refractivity contribution < 1.29 is 0 Å². The Labute approximate surface area is 168 Å². The summed E-state index contributed by atoms with van der Waals surface area (Å²) >= 11 is 0. The first-order valence-corrected chi connectivity index (χ1v) is 10.3. The first-order valence-electron chi connectivity index (χ1n) is 10.3. The number of nitrogens with zero attached hydrogens (tertiary/aromatic N) is 2. The van der Waals surface area contributed by atoms with Crippen LogP contribution in [0.3, 0.4) is 0 Å². The van der Waals surface area contributed by atoms with Gasteiger partial charge in [-0.15, -0.1) is 0 Å². The number of likely N-dealkylation sites (tertiary alicyclic amines) is 1. The molecule has 2 heterocycles. The lowest BCUT2D eigenvalue weighted by atomic mass is 9.97. The fourth-order valence-electron chi connectivity index (χ4n) is 3.95. The second kappa shape index (κ2) is 8.02. The van der Waals surface area contributed by atoms with Crippen molar-refractivity contribution in [3.8, 4) is 11.1 Å². The number of hydrogen-bond donors (Lipinski definition) is 0. The van der Waals surface area contributed by atoms with Crippen molar-refractivity contribution in [3.63, 3.8) is 0 Å². The van der Waals surface area contributed by atoms with Gasteiger partial charge < -0.3 is 4.90 Å². The molecule has 0 atom stereocenters. The Hall–Kier alpha value is -2.87. The predicted molar refractivity (Wildman–Crippen MR) is 122 cm³/mol. The molecular formula is C26H28N2. The summed E-state index contributed by atoms with van der Waals surface area (Å²) < 4.78 is 0. The third kappa shape index (κ3) is 3.73. The number of benzene rings is 2. The Morgan fingerprint density at radius 2 is 1.71 bits per heavy atom. The number of fused-ring (bicyclic) bond motifs is 1. The van der Waals surface area contributed by atoms with E-state index < -0.39 is 0 Å².